The van der Waals surface area contributed by atoms with E-state index in [1.807, 2.05) is 0 Å². The summed E-state index contributed by atoms with van der Waals surface area (Å²) in [6, 6.07) is 9.97. The molecule has 0 bridgehead atoms. The van der Waals surface area contributed by atoms with Gasteiger partial charge in [0.2, 0.25) is 0 Å². The predicted octanol–water partition coefficient (Wildman–Crippen LogP) is 3.50. The highest BCUT2D eigenvalue weighted by atomic mass is 15.2. The minimum atomic E-state index is 0.662. The first kappa shape index (κ1) is 11.3. The summed E-state index contributed by atoms with van der Waals surface area (Å²) in [5.41, 5.74) is 2.63. The lowest BCUT2D eigenvalue weighted by atomic mass is 10.2. The minimum Gasteiger partial charge on any atom is -0.384 e. The van der Waals surface area contributed by atoms with Crippen molar-refractivity contribution in [2.45, 2.75) is 45.7 Å². The van der Waals surface area contributed by atoms with Crippen LogP contribution >= 0.6 is 0 Å². The van der Waals surface area contributed by atoms with Crippen molar-refractivity contribution >= 4 is 11.4 Å². The molecular formula is C14H22N2. The second-order valence-corrected chi connectivity index (χ2v) is 4.73. The van der Waals surface area contributed by atoms with Gasteiger partial charge < -0.3 is 10.2 Å². The Balaban J connectivity index is 2.31. The highest BCUT2D eigenvalue weighted by molar-refractivity contribution is 5.71. The van der Waals surface area contributed by atoms with Gasteiger partial charge in [0.15, 0.2) is 0 Å². The summed E-state index contributed by atoms with van der Waals surface area (Å²) >= 11 is 0. The van der Waals surface area contributed by atoms with E-state index in [9.17, 15) is 0 Å². The van der Waals surface area contributed by atoms with Gasteiger partial charge in [0.1, 0.15) is 0 Å². The van der Waals surface area contributed by atoms with E-state index in [2.05, 4.69) is 55.3 Å². The molecule has 0 radical (unpaired) electrons. The molecule has 0 aliphatic carbocycles. The van der Waals surface area contributed by atoms with Crippen LogP contribution in [0, 0.1) is 0 Å². The van der Waals surface area contributed by atoms with Crippen LogP contribution in [-0.4, -0.2) is 18.6 Å². The summed E-state index contributed by atoms with van der Waals surface area (Å²) in [7, 11) is 0. The van der Waals surface area contributed by atoms with E-state index in [0.29, 0.717) is 12.1 Å². The van der Waals surface area contributed by atoms with Crippen LogP contribution in [0.4, 0.5) is 11.4 Å². The molecule has 88 valence electrons. The summed E-state index contributed by atoms with van der Waals surface area (Å²) in [5.74, 6) is 0. The molecule has 1 aliphatic rings. The Kier molecular flexibility index (Phi) is 3.37. The number of rotatable bonds is 3. The fourth-order valence-corrected chi connectivity index (χ4v) is 2.71. The van der Waals surface area contributed by atoms with Gasteiger partial charge in [-0.05, 0) is 45.7 Å². The molecule has 0 spiro atoms. The summed E-state index contributed by atoms with van der Waals surface area (Å²) in [6.45, 7) is 7.78. The van der Waals surface area contributed by atoms with Crippen molar-refractivity contribution in [1.82, 2.24) is 0 Å². The molecule has 0 unspecified atom stereocenters. The van der Waals surface area contributed by atoms with Crippen LogP contribution in [0.15, 0.2) is 24.3 Å². The van der Waals surface area contributed by atoms with Crippen molar-refractivity contribution < 1.29 is 0 Å². The van der Waals surface area contributed by atoms with Crippen LogP contribution in [0.5, 0.6) is 0 Å². The molecule has 2 atom stereocenters. The van der Waals surface area contributed by atoms with Crippen molar-refractivity contribution in [3.8, 4) is 0 Å². The Hall–Kier alpha value is -1.18. The largest absolute Gasteiger partial charge is 0.384 e. The first-order valence-corrected chi connectivity index (χ1v) is 6.35. The minimum absolute atomic E-state index is 0.662. The molecule has 16 heavy (non-hydrogen) atoms. The van der Waals surface area contributed by atoms with Crippen LogP contribution in [0.2, 0.25) is 0 Å². The lowest BCUT2D eigenvalue weighted by molar-refractivity contribution is 0.694. The maximum Gasteiger partial charge on any atom is 0.0606 e. The summed E-state index contributed by atoms with van der Waals surface area (Å²) < 4.78 is 0. The molecule has 1 saturated heterocycles. The van der Waals surface area contributed by atoms with Crippen LogP contribution < -0.4 is 10.2 Å². The third-order valence-corrected chi connectivity index (χ3v) is 3.50. The Bertz CT molecular complexity index is 338. The van der Waals surface area contributed by atoms with Crippen molar-refractivity contribution in [2.75, 3.05) is 16.8 Å². The Labute approximate surface area is 98.7 Å². The molecule has 0 aromatic heterocycles. The molecule has 1 fully saturated rings. The zero-order chi connectivity index (χ0) is 11.5. The number of para-hydroxylation sites is 2. The molecule has 1 aromatic carbocycles. The average Bonchev–Trinajstić information content (AvgIpc) is 2.60. The molecule has 1 aromatic rings. The molecule has 2 heteroatoms. The summed E-state index contributed by atoms with van der Waals surface area (Å²) in [5, 5.41) is 3.45. The van der Waals surface area contributed by atoms with Crippen molar-refractivity contribution in [1.29, 1.82) is 0 Å². The molecule has 0 amide bonds. The van der Waals surface area contributed by atoms with Crippen molar-refractivity contribution in [2.24, 2.45) is 0 Å². The molecule has 0 saturated carbocycles. The molecule has 1 N–H and O–H groups in total. The monoisotopic (exact) mass is 218 g/mol. The number of anilines is 2. The summed E-state index contributed by atoms with van der Waals surface area (Å²) in [6.07, 6.45) is 2.61. The smallest absolute Gasteiger partial charge is 0.0606 e. The van der Waals surface area contributed by atoms with Crippen molar-refractivity contribution in [3.05, 3.63) is 24.3 Å². The number of hydrogen-bond acceptors (Lipinski definition) is 2. The third kappa shape index (κ3) is 2.01. The topological polar surface area (TPSA) is 15.3 Å². The third-order valence-electron chi connectivity index (χ3n) is 3.50. The molecule has 2 rings (SSSR count). The quantitative estimate of drug-likeness (QED) is 0.835. The number of hydrogen-bond donors (Lipinski definition) is 1. The Morgan fingerprint density at radius 2 is 1.81 bits per heavy atom. The van der Waals surface area contributed by atoms with Gasteiger partial charge >= 0.3 is 0 Å². The maximum absolute atomic E-state index is 3.45. The van der Waals surface area contributed by atoms with Crippen molar-refractivity contribution in [3.63, 3.8) is 0 Å². The van der Waals surface area contributed by atoms with E-state index >= 15 is 0 Å². The van der Waals surface area contributed by atoms with Gasteiger partial charge in [0.05, 0.1) is 11.4 Å². The zero-order valence-corrected chi connectivity index (χ0v) is 10.5. The fourth-order valence-electron chi connectivity index (χ4n) is 2.71. The standard InChI is InChI=1S/C14H22N2/c1-4-15-13-7-5-6-8-14(13)16-11(2)9-10-12(16)3/h5-8,11-12,15H,4,9-10H2,1-3H3/t11-,12-/m1/s1. The Morgan fingerprint density at radius 1 is 1.19 bits per heavy atom. The molecule has 1 heterocycles. The normalized spacial score (nSPS) is 24.8. The van der Waals surface area contributed by atoms with E-state index in [1.165, 1.54) is 24.2 Å². The van der Waals surface area contributed by atoms with Crippen LogP contribution in [0.3, 0.4) is 0 Å². The second kappa shape index (κ2) is 4.77. The van der Waals surface area contributed by atoms with Gasteiger partial charge in [-0.3, -0.25) is 0 Å². The lowest BCUT2D eigenvalue weighted by Gasteiger charge is -2.30. The van der Waals surface area contributed by atoms with Gasteiger partial charge in [-0.15, -0.1) is 0 Å². The SMILES string of the molecule is CCNc1ccccc1N1[C@H](C)CC[C@H]1C. The number of benzene rings is 1. The molecule has 1 aliphatic heterocycles. The first-order valence-electron chi connectivity index (χ1n) is 6.35. The zero-order valence-electron chi connectivity index (χ0n) is 10.5. The highest BCUT2D eigenvalue weighted by Gasteiger charge is 2.28. The lowest BCUT2D eigenvalue weighted by Crippen LogP contribution is -2.33. The van der Waals surface area contributed by atoms with Crippen LogP contribution in [-0.2, 0) is 0 Å². The summed E-state index contributed by atoms with van der Waals surface area (Å²) in [4.78, 5) is 2.55. The first-order chi connectivity index (χ1) is 7.74. The van der Waals surface area contributed by atoms with Gasteiger partial charge in [-0.25, -0.2) is 0 Å². The molecular weight excluding hydrogens is 196 g/mol. The van der Waals surface area contributed by atoms with E-state index in [0.717, 1.165) is 6.54 Å². The Morgan fingerprint density at radius 3 is 2.44 bits per heavy atom. The highest BCUT2D eigenvalue weighted by Crippen LogP contribution is 2.34. The van der Waals surface area contributed by atoms with E-state index in [-0.39, 0.29) is 0 Å². The van der Waals surface area contributed by atoms with E-state index in [1.54, 1.807) is 0 Å². The number of nitrogens with one attached hydrogen (secondary N) is 1. The van der Waals surface area contributed by atoms with E-state index in [4.69, 9.17) is 0 Å². The predicted molar refractivity (Wildman–Crippen MR) is 71.2 cm³/mol. The van der Waals surface area contributed by atoms with E-state index < -0.39 is 0 Å². The van der Waals surface area contributed by atoms with Gasteiger partial charge in [-0.1, -0.05) is 12.1 Å². The molecule has 2 nitrogen and oxygen atoms in total. The second-order valence-electron chi connectivity index (χ2n) is 4.73. The van der Waals surface area contributed by atoms with Crippen LogP contribution in [0.1, 0.15) is 33.6 Å². The van der Waals surface area contributed by atoms with Crippen LogP contribution in [0.25, 0.3) is 0 Å². The maximum atomic E-state index is 3.45. The fraction of sp³-hybridized carbons (Fsp3) is 0.571. The van der Waals surface area contributed by atoms with Gasteiger partial charge in [0, 0.05) is 18.6 Å². The average molecular weight is 218 g/mol. The number of nitrogens with zero attached hydrogens (tertiary/aromatic N) is 1. The van der Waals surface area contributed by atoms with Gasteiger partial charge in [0.25, 0.3) is 0 Å². The van der Waals surface area contributed by atoms with Gasteiger partial charge in [-0.2, -0.15) is 0 Å².